The normalized spacial score (nSPS) is 15.1. The van der Waals surface area contributed by atoms with E-state index in [-0.39, 0.29) is 12.5 Å². The van der Waals surface area contributed by atoms with Crippen LogP contribution in [0.3, 0.4) is 0 Å². The van der Waals surface area contributed by atoms with Gasteiger partial charge < -0.3 is 14.4 Å². The van der Waals surface area contributed by atoms with E-state index in [1.807, 2.05) is 30.3 Å². The molecule has 0 aromatic heterocycles. The Morgan fingerprint density at radius 3 is 2.64 bits per heavy atom. The molecule has 5 nitrogen and oxygen atoms in total. The number of anilines is 1. The number of likely N-dealkylation sites (N-methyl/N-ethyl adjacent to an activating group) is 1. The smallest absolute Gasteiger partial charge is 0.281 e. The topological polar surface area (TPSA) is 42.0 Å². The number of para-hydroxylation sites is 1. The van der Waals surface area contributed by atoms with Gasteiger partial charge in [0.1, 0.15) is 12.3 Å². The average molecular weight is 413 g/mol. The minimum atomic E-state index is -0.221. The number of terminal acetylenes is 1. The molecule has 0 bridgehead atoms. The van der Waals surface area contributed by atoms with Gasteiger partial charge >= 0.3 is 0 Å². The van der Waals surface area contributed by atoms with Gasteiger partial charge in [0, 0.05) is 7.05 Å². The van der Waals surface area contributed by atoms with E-state index in [9.17, 15) is 4.79 Å². The number of amides is 1. The van der Waals surface area contributed by atoms with Gasteiger partial charge in [0.05, 0.1) is 17.8 Å². The predicted octanol–water partition coefficient (Wildman–Crippen LogP) is 3.97. The van der Waals surface area contributed by atoms with Crippen LogP contribution in [0, 0.1) is 12.3 Å². The SMILES string of the molecule is C#CCOc1c(Cl)cc(/C=C2/C(=O)N(c3ccccc3)C(=S)N2C)cc1OC. The van der Waals surface area contributed by atoms with Gasteiger partial charge in [-0.05, 0) is 48.1 Å². The number of benzene rings is 2. The van der Waals surface area contributed by atoms with Gasteiger partial charge in [0.25, 0.3) is 5.91 Å². The lowest BCUT2D eigenvalue weighted by Gasteiger charge is -2.16. The van der Waals surface area contributed by atoms with E-state index in [4.69, 9.17) is 39.7 Å². The summed E-state index contributed by atoms with van der Waals surface area (Å²) in [5.41, 5.74) is 1.80. The quantitative estimate of drug-likeness (QED) is 0.422. The van der Waals surface area contributed by atoms with Crippen molar-refractivity contribution in [2.75, 3.05) is 25.7 Å². The molecule has 1 aliphatic rings. The largest absolute Gasteiger partial charge is 0.493 e. The Morgan fingerprint density at radius 2 is 2.00 bits per heavy atom. The highest BCUT2D eigenvalue weighted by Crippen LogP contribution is 2.37. The van der Waals surface area contributed by atoms with E-state index in [0.29, 0.717) is 38.6 Å². The number of ether oxygens (including phenoxy) is 2. The number of carbonyl (C=O) groups excluding carboxylic acids is 1. The lowest BCUT2D eigenvalue weighted by molar-refractivity contribution is -0.114. The molecule has 1 saturated heterocycles. The van der Waals surface area contributed by atoms with Crippen molar-refractivity contribution in [3.8, 4) is 23.8 Å². The Bertz CT molecular complexity index is 999. The fourth-order valence-corrected chi connectivity index (χ4v) is 3.36. The van der Waals surface area contributed by atoms with E-state index in [0.717, 1.165) is 0 Å². The summed E-state index contributed by atoms with van der Waals surface area (Å²) in [6.45, 7) is 0.0675. The van der Waals surface area contributed by atoms with Gasteiger partial charge in [-0.3, -0.25) is 9.69 Å². The molecule has 1 heterocycles. The molecule has 0 spiro atoms. The van der Waals surface area contributed by atoms with Crippen LogP contribution in [0.1, 0.15) is 5.56 Å². The summed E-state index contributed by atoms with van der Waals surface area (Å²) in [5, 5.41) is 0.728. The molecule has 2 aromatic carbocycles. The molecule has 1 amide bonds. The number of methoxy groups -OCH3 is 1. The lowest BCUT2D eigenvalue weighted by Crippen LogP contribution is -2.30. The molecule has 0 aliphatic carbocycles. The summed E-state index contributed by atoms with van der Waals surface area (Å²) in [5.74, 6) is 2.94. The first-order valence-electron chi connectivity index (χ1n) is 8.30. The highest BCUT2D eigenvalue weighted by atomic mass is 35.5. The minimum absolute atomic E-state index is 0.0675. The van der Waals surface area contributed by atoms with Crippen LogP contribution in [0.4, 0.5) is 5.69 Å². The van der Waals surface area contributed by atoms with Crippen molar-refractivity contribution in [1.29, 1.82) is 0 Å². The molecule has 1 aliphatic heterocycles. The van der Waals surface area contributed by atoms with Crippen molar-refractivity contribution < 1.29 is 14.3 Å². The van der Waals surface area contributed by atoms with E-state index in [2.05, 4.69) is 5.92 Å². The van der Waals surface area contributed by atoms with Gasteiger partial charge in [-0.15, -0.1) is 6.42 Å². The van der Waals surface area contributed by atoms with Crippen LogP contribution in [0.2, 0.25) is 5.02 Å². The Kier molecular flexibility index (Phi) is 5.88. The first-order chi connectivity index (χ1) is 13.5. The number of halogens is 1. The predicted molar refractivity (Wildman–Crippen MR) is 115 cm³/mol. The first-order valence-corrected chi connectivity index (χ1v) is 9.09. The second-order valence-electron chi connectivity index (χ2n) is 5.87. The number of hydrogen-bond donors (Lipinski definition) is 0. The molecular weight excluding hydrogens is 396 g/mol. The maximum Gasteiger partial charge on any atom is 0.281 e. The number of thiocarbonyl (C=S) groups is 1. The standard InChI is InChI=1S/C21H17ClN2O3S/c1-4-10-27-19-16(22)11-14(13-18(19)26-3)12-17-20(25)24(21(28)23(17)2)15-8-6-5-7-9-15/h1,5-9,11-13H,10H2,2-3H3/b17-12-. The summed E-state index contributed by atoms with van der Waals surface area (Å²) in [6.07, 6.45) is 6.94. The van der Waals surface area contributed by atoms with E-state index >= 15 is 0 Å². The number of nitrogens with zero attached hydrogens (tertiary/aromatic N) is 2. The lowest BCUT2D eigenvalue weighted by atomic mass is 10.1. The third-order valence-electron chi connectivity index (χ3n) is 4.13. The summed E-state index contributed by atoms with van der Waals surface area (Å²) < 4.78 is 10.8. The number of rotatable bonds is 5. The summed E-state index contributed by atoms with van der Waals surface area (Å²) in [6, 6.07) is 12.7. The van der Waals surface area contributed by atoms with Crippen molar-refractivity contribution in [2.24, 2.45) is 0 Å². The van der Waals surface area contributed by atoms with E-state index in [1.165, 1.54) is 12.0 Å². The van der Waals surface area contributed by atoms with Gasteiger partial charge in [-0.25, -0.2) is 0 Å². The van der Waals surface area contributed by atoms with Crippen LogP contribution in [0.15, 0.2) is 48.2 Å². The molecule has 142 valence electrons. The molecule has 7 heteroatoms. The average Bonchev–Trinajstić information content (AvgIpc) is 2.90. The fourth-order valence-electron chi connectivity index (χ4n) is 2.80. The summed E-state index contributed by atoms with van der Waals surface area (Å²) in [7, 11) is 3.25. The van der Waals surface area contributed by atoms with Gasteiger partial charge in [-0.1, -0.05) is 35.7 Å². The molecule has 0 N–H and O–H groups in total. The number of hydrogen-bond acceptors (Lipinski definition) is 4. The molecule has 0 radical (unpaired) electrons. The fraction of sp³-hybridized carbons (Fsp3) is 0.143. The van der Waals surface area contributed by atoms with Crippen LogP contribution in [0.5, 0.6) is 11.5 Å². The molecule has 28 heavy (non-hydrogen) atoms. The van der Waals surface area contributed by atoms with Crippen LogP contribution in [-0.4, -0.2) is 36.7 Å². The second-order valence-corrected chi connectivity index (χ2v) is 6.65. The zero-order valence-electron chi connectivity index (χ0n) is 15.3. The zero-order valence-corrected chi connectivity index (χ0v) is 16.9. The van der Waals surface area contributed by atoms with Crippen molar-refractivity contribution in [3.63, 3.8) is 0 Å². The zero-order chi connectivity index (χ0) is 20.3. The highest BCUT2D eigenvalue weighted by molar-refractivity contribution is 7.80. The van der Waals surface area contributed by atoms with Crippen LogP contribution in [-0.2, 0) is 4.79 Å². The van der Waals surface area contributed by atoms with Crippen LogP contribution >= 0.6 is 23.8 Å². The Hall–Kier alpha value is -3.01. The summed E-state index contributed by atoms with van der Waals surface area (Å²) in [4.78, 5) is 16.1. The Balaban J connectivity index is 1.99. The minimum Gasteiger partial charge on any atom is -0.493 e. The molecule has 0 unspecified atom stereocenters. The van der Waals surface area contributed by atoms with Crippen molar-refractivity contribution in [3.05, 3.63) is 58.7 Å². The first kappa shape index (κ1) is 19.7. The van der Waals surface area contributed by atoms with Gasteiger partial charge in [0.15, 0.2) is 16.6 Å². The maximum atomic E-state index is 13.0. The molecule has 0 saturated carbocycles. The van der Waals surface area contributed by atoms with Gasteiger partial charge in [0.2, 0.25) is 0 Å². The van der Waals surface area contributed by atoms with E-state index in [1.54, 1.807) is 30.2 Å². The molecular formula is C21H17ClN2O3S. The van der Waals surface area contributed by atoms with Crippen LogP contribution in [0.25, 0.3) is 6.08 Å². The molecule has 0 atom stereocenters. The van der Waals surface area contributed by atoms with Gasteiger partial charge in [-0.2, -0.15) is 0 Å². The van der Waals surface area contributed by atoms with Crippen molar-refractivity contribution >= 4 is 46.6 Å². The Morgan fingerprint density at radius 1 is 1.29 bits per heavy atom. The summed E-state index contributed by atoms with van der Waals surface area (Å²) >= 11 is 11.8. The Labute approximate surface area is 174 Å². The van der Waals surface area contributed by atoms with Crippen molar-refractivity contribution in [1.82, 2.24) is 4.90 Å². The van der Waals surface area contributed by atoms with Crippen LogP contribution < -0.4 is 14.4 Å². The van der Waals surface area contributed by atoms with E-state index < -0.39 is 0 Å². The third kappa shape index (κ3) is 3.68. The number of carbonyl (C=O) groups is 1. The molecule has 3 rings (SSSR count). The van der Waals surface area contributed by atoms with Crippen molar-refractivity contribution in [2.45, 2.75) is 0 Å². The molecule has 1 fully saturated rings. The monoisotopic (exact) mass is 412 g/mol. The highest BCUT2D eigenvalue weighted by Gasteiger charge is 2.36. The second kappa shape index (κ2) is 8.34. The molecule has 2 aromatic rings. The maximum absolute atomic E-state index is 13.0. The third-order valence-corrected chi connectivity index (χ3v) is 4.87.